The van der Waals surface area contributed by atoms with E-state index < -0.39 is 16.4 Å². The standard InChI is InChI=1S/C43H56N2O5S/c1-39-19-15-31(46)26-41(39)22-23-43(34(27-41)37(47)29-8-5-4-6-9-29)35(39)16-20-40(2)36(43)17-21-42(40,49)28-45(24-18-33-10-7-25-51-33)38(48)44-30-11-13-32(50-3)14-12-30/h7,10-14,22-23,25,27,29,31,35-36,46,49H,4-6,8-9,15-21,24,26,28H2,1-3H3,(H,44,48). The van der Waals surface area contributed by atoms with E-state index in [1.807, 2.05) is 35.2 Å². The van der Waals surface area contributed by atoms with Gasteiger partial charge >= 0.3 is 6.03 Å². The molecule has 1 heterocycles. The number of hydrogen-bond acceptors (Lipinski definition) is 6. The van der Waals surface area contributed by atoms with E-state index in [1.54, 1.807) is 18.4 Å². The Labute approximate surface area is 307 Å². The number of ketones is 1. The van der Waals surface area contributed by atoms with Gasteiger partial charge in [0, 0.05) is 44.8 Å². The number of methoxy groups -OCH3 is 1. The monoisotopic (exact) mass is 712 g/mol. The van der Waals surface area contributed by atoms with E-state index in [1.165, 1.54) is 11.3 Å². The maximum atomic E-state index is 14.9. The van der Waals surface area contributed by atoms with E-state index in [2.05, 4.69) is 48.8 Å². The fourth-order valence-corrected chi connectivity index (χ4v) is 13.0. The molecule has 2 aromatic rings. The van der Waals surface area contributed by atoms with Crippen LogP contribution in [0.15, 0.2) is 65.6 Å². The van der Waals surface area contributed by atoms with Gasteiger partial charge in [-0.1, -0.05) is 57.4 Å². The maximum Gasteiger partial charge on any atom is 0.321 e. The minimum Gasteiger partial charge on any atom is -0.497 e. The van der Waals surface area contributed by atoms with E-state index in [0.29, 0.717) is 37.3 Å². The molecule has 274 valence electrons. The zero-order chi connectivity index (χ0) is 35.6. The van der Waals surface area contributed by atoms with Crippen LogP contribution in [0.1, 0.15) is 95.8 Å². The van der Waals surface area contributed by atoms with Gasteiger partial charge in [0.15, 0.2) is 5.78 Å². The van der Waals surface area contributed by atoms with Crippen LogP contribution in [0.3, 0.4) is 0 Å². The number of aliphatic hydroxyl groups excluding tert-OH is 1. The highest BCUT2D eigenvalue weighted by atomic mass is 32.1. The van der Waals surface area contributed by atoms with Crippen LogP contribution in [-0.2, 0) is 11.2 Å². The lowest BCUT2D eigenvalue weighted by molar-refractivity contribution is -0.178. The number of allylic oxidation sites excluding steroid dienone is 4. The van der Waals surface area contributed by atoms with Gasteiger partial charge in [-0.05, 0) is 117 Å². The molecule has 1 aromatic carbocycles. The van der Waals surface area contributed by atoms with Gasteiger partial charge in [0.1, 0.15) is 5.75 Å². The molecular weight excluding hydrogens is 657 g/mol. The number of carbonyl (C=O) groups is 2. The second-order valence-electron chi connectivity index (χ2n) is 17.4. The molecule has 0 saturated heterocycles. The molecule has 7 aliphatic rings. The molecule has 4 fully saturated rings. The number of carbonyl (C=O) groups excluding carboxylic acids is 2. The van der Waals surface area contributed by atoms with Crippen LogP contribution in [0.5, 0.6) is 5.75 Å². The number of thiophene rings is 1. The fraction of sp³-hybridized carbons (Fsp3) is 0.628. The van der Waals surface area contributed by atoms with Crippen molar-refractivity contribution in [3.8, 4) is 5.75 Å². The number of nitrogens with zero attached hydrogens (tertiary/aromatic N) is 1. The molecule has 0 radical (unpaired) electrons. The average molecular weight is 713 g/mol. The van der Waals surface area contributed by atoms with E-state index in [-0.39, 0.29) is 47.3 Å². The topological polar surface area (TPSA) is 99.1 Å². The largest absolute Gasteiger partial charge is 0.497 e. The number of benzene rings is 1. The molecule has 2 amide bonds. The fourth-order valence-electron chi connectivity index (χ4n) is 12.3. The Kier molecular flexibility index (Phi) is 8.86. The first kappa shape index (κ1) is 35.1. The highest BCUT2D eigenvalue weighted by Gasteiger charge is 2.74. The number of fused-ring (bicyclic) bond motifs is 1. The number of hydrogen-bond donors (Lipinski definition) is 3. The summed E-state index contributed by atoms with van der Waals surface area (Å²) in [5.74, 6) is 1.48. The average Bonchev–Trinajstić information content (AvgIpc) is 3.76. The van der Waals surface area contributed by atoms with Crippen LogP contribution in [-0.4, -0.2) is 58.8 Å². The molecule has 7 nitrogen and oxygen atoms in total. The molecule has 4 saturated carbocycles. The molecule has 8 unspecified atom stereocenters. The first-order valence-corrected chi connectivity index (χ1v) is 20.5. The maximum absolute atomic E-state index is 14.9. The second kappa shape index (κ2) is 12.9. The lowest BCUT2D eigenvalue weighted by atomic mass is 9.32. The normalized spacial score (nSPS) is 38.3. The summed E-state index contributed by atoms with van der Waals surface area (Å²) in [6, 6.07) is 11.3. The van der Waals surface area contributed by atoms with Crippen LogP contribution in [0.4, 0.5) is 10.5 Å². The summed E-state index contributed by atoms with van der Waals surface area (Å²) in [5, 5.41) is 29.3. The highest BCUT2D eigenvalue weighted by Crippen LogP contribution is 2.78. The summed E-state index contributed by atoms with van der Waals surface area (Å²) in [4.78, 5) is 32.0. The molecule has 9 rings (SSSR count). The van der Waals surface area contributed by atoms with Crippen molar-refractivity contribution < 1.29 is 24.5 Å². The van der Waals surface area contributed by atoms with E-state index in [4.69, 9.17) is 4.74 Å². The Hall–Kier alpha value is -2.94. The number of aliphatic hydroxyl groups is 2. The Morgan fingerprint density at radius 1 is 0.941 bits per heavy atom. The Morgan fingerprint density at radius 2 is 1.67 bits per heavy atom. The zero-order valence-electron chi connectivity index (χ0n) is 30.7. The summed E-state index contributed by atoms with van der Waals surface area (Å²) in [5.41, 5.74) is -0.737. The summed E-state index contributed by atoms with van der Waals surface area (Å²) in [6.45, 7) is 5.45. The van der Waals surface area contributed by atoms with Crippen molar-refractivity contribution >= 4 is 28.8 Å². The number of urea groups is 1. The van der Waals surface area contributed by atoms with Crippen LogP contribution in [0, 0.1) is 39.4 Å². The number of amides is 2. The predicted molar refractivity (Wildman–Crippen MR) is 202 cm³/mol. The van der Waals surface area contributed by atoms with Gasteiger partial charge in [-0.3, -0.25) is 4.79 Å². The lowest BCUT2D eigenvalue weighted by Gasteiger charge is -2.71. The van der Waals surface area contributed by atoms with E-state index in [9.17, 15) is 19.8 Å². The summed E-state index contributed by atoms with van der Waals surface area (Å²) < 4.78 is 5.32. The molecule has 7 aliphatic carbocycles. The first-order valence-electron chi connectivity index (χ1n) is 19.6. The molecule has 1 aromatic heterocycles. The van der Waals surface area contributed by atoms with Crippen molar-refractivity contribution in [3.05, 3.63) is 70.5 Å². The summed E-state index contributed by atoms with van der Waals surface area (Å²) in [7, 11) is 1.63. The van der Waals surface area contributed by atoms with Gasteiger partial charge in [-0.25, -0.2) is 4.79 Å². The highest BCUT2D eigenvalue weighted by molar-refractivity contribution is 7.09. The van der Waals surface area contributed by atoms with Crippen LogP contribution < -0.4 is 10.1 Å². The van der Waals surface area contributed by atoms with Crippen molar-refractivity contribution in [2.75, 3.05) is 25.5 Å². The van der Waals surface area contributed by atoms with Crippen molar-refractivity contribution in [1.29, 1.82) is 0 Å². The predicted octanol–water partition coefficient (Wildman–Crippen LogP) is 8.57. The Bertz CT molecular complexity index is 1700. The van der Waals surface area contributed by atoms with Gasteiger partial charge in [0.25, 0.3) is 0 Å². The number of Topliss-reactive ketones (excluding diaryl/α,β-unsaturated/α-hetero) is 1. The number of ether oxygens (including phenoxy) is 1. The van der Waals surface area contributed by atoms with Gasteiger partial charge in [0.05, 0.1) is 25.4 Å². The quantitative estimate of drug-likeness (QED) is 0.226. The summed E-state index contributed by atoms with van der Waals surface area (Å²) >= 11 is 1.69. The van der Waals surface area contributed by atoms with E-state index in [0.717, 1.165) is 69.1 Å². The van der Waals surface area contributed by atoms with Gasteiger partial charge in [-0.2, -0.15) is 0 Å². The minimum absolute atomic E-state index is 0.0512. The Morgan fingerprint density at radius 3 is 2.39 bits per heavy atom. The van der Waals surface area contributed by atoms with E-state index >= 15 is 0 Å². The third kappa shape index (κ3) is 5.40. The third-order valence-electron chi connectivity index (χ3n) is 15.2. The third-order valence-corrected chi connectivity index (χ3v) is 16.2. The van der Waals surface area contributed by atoms with Crippen molar-refractivity contribution in [2.45, 2.75) is 109 Å². The van der Waals surface area contributed by atoms with Crippen molar-refractivity contribution in [3.63, 3.8) is 0 Å². The second-order valence-corrected chi connectivity index (χ2v) is 18.5. The molecule has 8 heteroatoms. The molecule has 8 atom stereocenters. The molecule has 51 heavy (non-hydrogen) atoms. The SMILES string of the molecule is COc1ccc(NC(=O)N(CCc2cccs2)CC2(O)CCC3C45C=CC6(C=C4C(=O)C4CCCCC4)CC(O)CCC6(C)C5CCC32C)cc1. The van der Waals surface area contributed by atoms with Crippen molar-refractivity contribution in [1.82, 2.24) is 4.90 Å². The van der Waals surface area contributed by atoms with Crippen LogP contribution >= 0.6 is 11.3 Å². The smallest absolute Gasteiger partial charge is 0.321 e. The number of nitrogens with one attached hydrogen (secondary N) is 1. The molecule has 0 aliphatic heterocycles. The van der Waals surface area contributed by atoms with Crippen LogP contribution in [0.25, 0.3) is 0 Å². The molecule has 2 bridgehead atoms. The van der Waals surface area contributed by atoms with Crippen molar-refractivity contribution in [2.24, 2.45) is 39.4 Å². The lowest BCUT2D eigenvalue weighted by Crippen LogP contribution is -2.67. The molecular formula is C43H56N2O5S. The van der Waals surface area contributed by atoms with Gasteiger partial charge in [0.2, 0.25) is 0 Å². The van der Waals surface area contributed by atoms with Gasteiger partial charge < -0.3 is 25.2 Å². The molecule has 3 N–H and O–H groups in total. The molecule has 2 spiro atoms. The minimum atomic E-state index is -1.12. The van der Waals surface area contributed by atoms with Crippen LogP contribution in [0.2, 0.25) is 0 Å². The number of anilines is 1. The summed E-state index contributed by atoms with van der Waals surface area (Å²) in [6.07, 6.45) is 18.5. The zero-order valence-corrected chi connectivity index (χ0v) is 31.5. The van der Waals surface area contributed by atoms with Gasteiger partial charge in [-0.15, -0.1) is 11.3 Å². The number of rotatable bonds is 9. The first-order chi connectivity index (χ1) is 24.5. The Balaban J connectivity index is 1.14.